The number of hydrogen-bond donors (Lipinski definition) is 0. The molecule has 21 aromatic rings. The highest BCUT2D eigenvalue weighted by Crippen LogP contribution is 2.47. The summed E-state index contributed by atoms with van der Waals surface area (Å²) in [4.78, 5) is 0. The Balaban J connectivity index is 0.000000135. The second kappa shape index (κ2) is 26.2. The van der Waals surface area contributed by atoms with Crippen LogP contribution in [-0.2, 0) is 6.42 Å². The Morgan fingerprint density at radius 2 is 0.456 bits per heavy atom. The zero-order valence-electron chi connectivity index (χ0n) is 62.2. The SMILES string of the molecule is c1ccc([Si]2(c3ccccc3)c3ccc(-c4ccc5c(c4)-c4ccccc4C5)cc3-c3ccccc3-c3cc(-c4ccc5oc6ccccc6c5c4)ccc32)cc1.c1ccc([Si]2(c3ccccc3)c3ccc(-c4cccc5c4oc4ccccc45)cc3-c3ccccc3-c3cc(-c4cccc5c4oc4ccccc45)ccc32)cc1. The molecule has 0 unspecified atom stereocenters. The molecule has 1 aliphatic carbocycles. The van der Waals surface area contributed by atoms with Gasteiger partial charge < -0.3 is 13.3 Å². The number of hydrogen-bond acceptors (Lipinski definition) is 3. The summed E-state index contributed by atoms with van der Waals surface area (Å²) in [7, 11) is -5.90. The van der Waals surface area contributed by atoms with Crippen molar-refractivity contribution in [2.45, 2.75) is 6.42 Å². The van der Waals surface area contributed by atoms with Crippen LogP contribution in [0.15, 0.2) is 426 Å². The van der Waals surface area contributed by atoms with Crippen LogP contribution in [0.25, 0.3) is 166 Å². The van der Waals surface area contributed by atoms with Gasteiger partial charge in [-0.2, -0.15) is 0 Å². The first-order chi connectivity index (χ1) is 56.5. The lowest BCUT2D eigenvalue weighted by molar-refractivity contribution is 0.669. The summed E-state index contributed by atoms with van der Waals surface area (Å²) in [6.07, 6.45) is 0.998. The van der Waals surface area contributed by atoms with E-state index in [0.29, 0.717) is 0 Å². The summed E-state index contributed by atoms with van der Waals surface area (Å²) in [6.45, 7) is 0. The Kier molecular flexibility index (Phi) is 15.1. The Bertz CT molecular complexity index is 7190. The first-order valence-electron chi connectivity index (χ1n) is 39.5. The van der Waals surface area contributed by atoms with Gasteiger partial charge in [0.2, 0.25) is 0 Å². The lowest BCUT2D eigenvalue weighted by Gasteiger charge is -2.36. The minimum atomic E-state index is -2.98. The normalized spacial score (nSPS) is 13.2. The third-order valence-corrected chi connectivity index (χ3v) is 34.6. The summed E-state index contributed by atoms with van der Waals surface area (Å²) in [5, 5.41) is 17.9. The van der Waals surface area contributed by atoms with Crippen molar-refractivity contribution in [2.75, 3.05) is 0 Å². The average molecular weight is 1480 g/mol. The van der Waals surface area contributed by atoms with Gasteiger partial charge in [-0.25, -0.2) is 0 Å². The molecule has 0 saturated carbocycles. The van der Waals surface area contributed by atoms with Gasteiger partial charge in [-0.05, 0) is 209 Å². The van der Waals surface area contributed by atoms with E-state index in [1.165, 1.54) is 131 Å². The second-order valence-electron chi connectivity index (χ2n) is 30.7. The molecule has 114 heavy (non-hydrogen) atoms. The predicted molar refractivity (Wildman–Crippen MR) is 481 cm³/mol. The minimum absolute atomic E-state index is 0.907. The molecule has 0 fully saturated rings. The zero-order valence-corrected chi connectivity index (χ0v) is 64.2. The highest BCUT2D eigenvalue weighted by molar-refractivity contribution is 7.22. The number of para-hydroxylation sites is 5. The lowest BCUT2D eigenvalue weighted by Crippen LogP contribution is -2.75. The first kappa shape index (κ1) is 65.7. The fourth-order valence-corrected chi connectivity index (χ4v) is 30.0. The molecule has 0 N–H and O–H groups in total. The standard InChI is InChI=1S/C55H36OSi.C54H34O2Si/c1-3-14-42(15-4-1)57(43-16-5-2-6-17-43)54-29-26-38(36-23-24-41-31-40-13-7-8-18-44(40)48(41)32-36)34-50(54)45-19-9-10-20-46(45)51-35-39(27-30-55(51)57)37-25-28-53-49(33-37)47-21-11-12-22-52(47)56-53;1-3-15-37(16-4-1)57(38-17-5-2-6-18-38)51-31-29-35(39-23-13-25-45-43-21-9-11-27-49(43)55-53(39)45)33-47(51)41-19-7-8-20-42(41)48-34-36(30-32-52(48)57)40-24-14-26-46-44-22-10-12-28-50(44)56-54(40)46/h1-30,32-35H,31H2;1-34H. The van der Waals surface area contributed by atoms with Crippen molar-refractivity contribution in [3.8, 4) is 100 Å². The van der Waals surface area contributed by atoms with Crippen molar-refractivity contribution in [2.24, 2.45) is 0 Å². The maximum absolute atomic E-state index is 6.61. The summed E-state index contributed by atoms with van der Waals surface area (Å²) in [5.41, 5.74) is 30.5. The maximum atomic E-state index is 6.61. The lowest BCUT2D eigenvalue weighted by atomic mass is 9.90. The Labute approximate surface area is 662 Å². The van der Waals surface area contributed by atoms with Gasteiger partial charge in [-0.3, -0.25) is 0 Å². The maximum Gasteiger partial charge on any atom is 0.180 e. The number of furan rings is 3. The van der Waals surface area contributed by atoms with Crippen LogP contribution < -0.4 is 41.5 Å². The molecule has 0 bridgehead atoms. The summed E-state index contributed by atoms with van der Waals surface area (Å²) >= 11 is 0. The van der Waals surface area contributed by atoms with E-state index in [2.05, 4.69) is 394 Å². The van der Waals surface area contributed by atoms with Gasteiger partial charge in [0.15, 0.2) is 16.1 Å². The van der Waals surface area contributed by atoms with Crippen LogP contribution in [0, 0.1) is 0 Å². The quantitative estimate of drug-likeness (QED) is 0.142. The Hall–Kier alpha value is -14.2. The zero-order chi connectivity index (χ0) is 75.0. The Morgan fingerprint density at radius 1 is 0.167 bits per heavy atom. The molecule has 0 radical (unpaired) electrons. The van der Waals surface area contributed by atoms with Gasteiger partial charge in [0.05, 0.1) is 0 Å². The topological polar surface area (TPSA) is 39.4 Å². The highest BCUT2D eigenvalue weighted by Gasteiger charge is 2.49. The van der Waals surface area contributed by atoms with Gasteiger partial charge in [0.1, 0.15) is 33.5 Å². The largest absolute Gasteiger partial charge is 0.456 e. The molecule has 3 aromatic heterocycles. The molecule has 0 amide bonds. The predicted octanol–water partition coefficient (Wildman–Crippen LogP) is 23.4. The van der Waals surface area contributed by atoms with Gasteiger partial charge in [-0.1, -0.05) is 352 Å². The van der Waals surface area contributed by atoms with Crippen LogP contribution >= 0.6 is 0 Å². The summed E-state index contributed by atoms with van der Waals surface area (Å²) < 4.78 is 19.5. The van der Waals surface area contributed by atoms with Crippen LogP contribution in [0.4, 0.5) is 0 Å². The number of rotatable bonds is 8. The molecule has 5 heteroatoms. The molecule has 18 aromatic carbocycles. The van der Waals surface area contributed by atoms with Crippen molar-refractivity contribution >= 4 is 123 Å². The molecular weight excluding hydrogens is 1410 g/mol. The van der Waals surface area contributed by atoms with E-state index in [0.717, 1.165) is 94.5 Å². The smallest absolute Gasteiger partial charge is 0.180 e. The molecule has 3 nitrogen and oxygen atoms in total. The molecule has 2 aliphatic heterocycles. The van der Waals surface area contributed by atoms with Gasteiger partial charge in [0.25, 0.3) is 0 Å². The third kappa shape index (κ3) is 10.1. The van der Waals surface area contributed by atoms with Gasteiger partial charge in [0, 0.05) is 43.4 Å². The molecule has 24 rings (SSSR count). The average Bonchev–Trinajstić information content (AvgIpc) is 1.51. The molecule has 0 atom stereocenters. The molecule has 0 spiro atoms. The van der Waals surface area contributed by atoms with Crippen molar-refractivity contribution in [1.82, 2.24) is 0 Å². The highest BCUT2D eigenvalue weighted by atomic mass is 28.3. The van der Waals surface area contributed by atoms with Crippen LogP contribution in [0.3, 0.4) is 0 Å². The van der Waals surface area contributed by atoms with E-state index in [-0.39, 0.29) is 0 Å². The van der Waals surface area contributed by atoms with E-state index >= 15 is 0 Å². The monoisotopic (exact) mass is 1480 g/mol. The summed E-state index contributed by atoms with van der Waals surface area (Å²) in [5.74, 6) is 0. The van der Waals surface area contributed by atoms with Crippen molar-refractivity contribution in [3.05, 3.63) is 424 Å². The van der Waals surface area contributed by atoms with E-state index < -0.39 is 16.1 Å². The van der Waals surface area contributed by atoms with Gasteiger partial charge in [-0.15, -0.1) is 0 Å². The van der Waals surface area contributed by atoms with Crippen molar-refractivity contribution < 1.29 is 13.3 Å². The van der Waals surface area contributed by atoms with E-state index in [1.54, 1.807) is 0 Å². The summed E-state index contributed by atoms with van der Waals surface area (Å²) in [6, 6.07) is 153. The van der Waals surface area contributed by atoms with Crippen LogP contribution in [0.5, 0.6) is 0 Å². The van der Waals surface area contributed by atoms with Crippen LogP contribution in [0.2, 0.25) is 0 Å². The van der Waals surface area contributed by atoms with E-state index in [9.17, 15) is 0 Å². The Morgan fingerprint density at radius 3 is 0.895 bits per heavy atom. The van der Waals surface area contributed by atoms with Crippen LogP contribution in [-0.4, -0.2) is 16.1 Å². The number of fused-ring (bicyclic) bond motifs is 22. The van der Waals surface area contributed by atoms with Crippen molar-refractivity contribution in [3.63, 3.8) is 0 Å². The van der Waals surface area contributed by atoms with Crippen molar-refractivity contribution in [1.29, 1.82) is 0 Å². The first-order valence-corrected chi connectivity index (χ1v) is 43.5. The fourth-order valence-electron chi connectivity index (χ4n) is 19.8. The second-order valence-corrected chi connectivity index (χ2v) is 38.1. The molecule has 3 aliphatic rings. The molecule has 532 valence electrons. The van der Waals surface area contributed by atoms with Crippen LogP contribution in [0.1, 0.15) is 11.1 Å². The number of benzene rings is 18. The molecule has 0 saturated heterocycles. The van der Waals surface area contributed by atoms with E-state index in [4.69, 9.17) is 13.3 Å². The van der Waals surface area contributed by atoms with E-state index in [1.807, 2.05) is 18.2 Å². The fraction of sp³-hybridized carbons (Fsp3) is 0.00917. The van der Waals surface area contributed by atoms with Gasteiger partial charge >= 0.3 is 0 Å². The molecular formula is C109H70O3Si2. The third-order valence-electron chi connectivity index (χ3n) is 24.8. The molecule has 5 heterocycles. The minimum Gasteiger partial charge on any atom is -0.456 e.